The van der Waals surface area contributed by atoms with Gasteiger partial charge >= 0.3 is 5.97 Å². The zero-order chi connectivity index (χ0) is 18.9. The first kappa shape index (κ1) is 20.7. The highest BCUT2D eigenvalue weighted by atomic mass is 32.1. The number of nitrogens with zero attached hydrogens (tertiary/aromatic N) is 3. The summed E-state index contributed by atoms with van der Waals surface area (Å²) < 4.78 is 5.15. The van der Waals surface area contributed by atoms with E-state index in [1.165, 1.54) is 5.01 Å². The molecule has 0 spiro atoms. The smallest absolute Gasteiger partial charge is 0.309 e. The lowest BCUT2D eigenvalue weighted by atomic mass is 9.97. The first-order chi connectivity index (χ1) is 12.5. The number of likely N-dealkylation sites (tertiary alicyclic amines) is 1. The molecule has 1 aromatic heterocycles. The highest BCUT2D eigenvalue weighted by Gasteiger charge is 2.27. The van der Waals surface area contributed by atoms with Crippen molar-refractivity contribution in [3.05, 3.63) is 16.1 Å². The van der Waals surface area contributed by atoms with Crippen molar-refractivity contribution in [3.8, 4) is 0 Å². The van der Waals surface area contributed by atoms with Gasteiger partial charge in [0.05, 0.1) is 23.2 Å². The number of aliphatic imine (C=N–C) groups is 1. The third-order valence-electron chi connectivity index (χ3n) is 4.44. The summed E-state index contributed by atoms with van der Waals surface area (Å²) in [7, 11) is 0. The highest BCUT2D eigenvalue weighted by molar-refractivity contribution is 7.09. The van der Waals surface area contributed by atoms with Crippen LogP contribution in [0, 0.1) is 5.92 Å². The van der Waals surface area contributed by atoms with E-state index in [4.69, 9.17) is 9.73 Å². The molecule has 6 nitrogen and oxygen atoms in total. The van der Waals surface area contributed by atoms with E-state index in [-0.39, 0.29) is 11.9 Å². The van der Waals surface area contributed by atoms with Gasteiger partial charge in [0.2, 0.25) is 0 Å². The van der Waals surface area contributed by atoms with Crippen molar-refractivity contribution < 1.29 is 9.53 Å². The quantitative estimate of drug-likeness (QED) is 0.447. The molecule has 0 radical (unpaired) electrons. The van der Waals surface area contributed by atoms with E-state index < -0.39 is 0 Å². The molecule has 1 aliphatic rings. The van der Waals surface area contributed by atoms with Gasteiger partial charge in [-0.3, -0.25) is 9.79 Å². The predicted octanol–water partition coefficient (Wildman–Crippen LogP) is 3.05. The summed E-state index contributed by atoms with van der Waals surface area (Å²) in [6.45, 7) is 12.0. The molecular weight excluding hydrogens is 348 g/mol. The van der Waals surface area contributed by atoms with E-state index in [0.717, 1.165) is 57.1 Å². The first-order valence-electron chi connectivity index (χ1n) is 9.69. The number of nitrogens with one attached hydrogen (secondary N) is 1. The normalized spacial score (nSPS) is 16.2. The Morgan fingerprint density at radius 1 is 1.42 bits per heavy atom. The molecule has 1 saturated heterocycles. The minimum absolute atomic E-state index is 0.0264. The molecule has 1 N–H and O–H groups in total. The van der Waals surface area contributed by atoms with Crippen molar-refractivity contribution >= 4 is 23.3 Å². The maximum Gasteiger partial charge on any atom is 0.309 e. The summed E-state index contributed by atoms with van der Waals surface area (Å²) in [6, 6.07) is 0. The molecule has 0 amide bonds. The van der Waals surface area contributed by atoms with Gasteiger partial charge in [-0.1, -0.05) is 13.8 Å². The van der Waals surface area contributed by atoms with Crippen LogP contribution in [0.1, 0.15) is 57.2 Å². The number of rotatable bonds is 7. The number of esters is 1. The summed E-state index contributed by atoms with van der Waals surface area (Å²) in [5.41, 5.74) is 1.12. The van der Waals surface area contributed by atoms with Crippen molar-refractivity contribution in [1.82, 2.24) is 15.2 Å². The molecule has 146 valence electrons. The second-order valence-electron chi connectivity index (χ2n) is 6.83. The summed E-state index contributed by atoms with van der Waals surface area (Å²) >= 11 is 1.73. The van der Waals surface area contributed by atoms with E-state index in [0.29, 0.717) is 12.5 Å². The van der Waals surface area contributed by atoms with Crippen LogP contribution in [0.2, 0.25) is 0 Å². The number of guanidine groups is 1. The fourth-order valence-electron chi connectivity index (χ4n) is 2.99. The Morgan fingerprint density at radius 2 is 2.15 bits per heavy atom. The molecule has 2 heterocycles. The maximum absolute atomic E-state index is 11.9. The highest BCUT2D eigenvalue weighted by Crippen LogP contribution is 2.20. The van der Waals surface area contributed by atoms with Crippen LogP contribution in [0.3, 0.4) is 0 Å². The van der Waals surface area contributed by atoms with Crippen molar-refractivity contribution in [3.63, 3.8) is 0 Å². The Balaban J connectivity index is 1.87. The van der Waals surface area contributed by atoms with Gasteiger partial charge in [0.25, 0.3) is 0 Å². The van der Waals surface area contributed by atoms with Crippen molar-refractivity contribution in [2.24, 2.45) is 10.9 Å². The Labute approximate surface area is 161 Å². The average molecular weight is 381 g/mol. The Kier molecular flexibility index (Phi) is 8.35. The van der Waals surface area contributed by atoms with E-state index in [1.807, 2.05) is 6.92 Å². The van der Waals surface area contributed by atoms with Crippen LogP contribution in [-0.2, 0) is 16.0 Å². The molecule has 0 aliphatic carbocycles. The molecule has 1 aliphatic heterocycles. The zero-order valence-electron chi connectivity index (χ0n) is 16.5. The number of hydrogen-bond acceptors (Lipinski definition) is 5. The molecule has 2 rings (SSSR count). The molecule has 0 unspecified atom stereocenters. The summed E-state index contributed by atoms with van der Waals surface area (Å²) in [4.78, 5) is 23.6. The number of ether oxygens (including phenoxy) is 1. The molecule has 7 heteroatoms. The molecule has 1 aromatic rings. The number of carbonyl (C=O) groups excluding carboxylic acids is 1. The third kappa shape index (κ3) is 5.97. The number of hydrogen-bond donors (Lipinski definition) is 1. The second-order valence-corrected chi connectivity index (χ2v) is 7.72. The fraction of sp³-hybridized carbons (Fsp3) is 0.737. The summed E-state index contributed by atoms with van der Waals surface area (Å²) in [5.74, 6) is 1.39. The van der Waals surface area contributed by atoms with Gasteiger partial charge in [-0.25, -0.2) is 4.98 Å². The molecule has 0 aromatic carbocycles. The van der Waals surface area contributed by atoms with Gasteiger partial charge in [0, 0.05) is 43.9 Å². The van der Waals surface area contributed by atoms with Gasteiger partial charge in [-0.05, 0) is 26.7 Å². The second kappa shape index (κ2) is 10.5. The molecule has 0 atom stereocenters. The van der Waals surface area contributed by atoms with Gasteiger partial charge in [0.15, 0.2) is 5.96 Å². The molecule has 1 fully saturated rings. The SMILES string of the molecule is CCNC(=NCCc1csc(C(C)C)n1)N1CCC(C(=O)OCC)CC1. The van der Waals surface area contributed by atoms with E-state index >= 15 is 0 Å². The number of aromatic nitrogens is 1. The number of thiazole rings is 1. The third-order valence-corrected chi connectivity index (χ3v) is 5.64. The van der Waals surface area contributed by atoms with Crippen LogP contribution in [0.25, 0.3) is 0 Å². The average Bonchev–Trinajstić information content (AvgIpc) is 3.11. The van der Waals surface area contributed by atoms with Crippen LogP contribution in [0.4, 0.5) is 0 Å². The zero-order valence-corrected chi connectivity index (χ0v) is 17.3. The van der Waals surface area contributed by atoms with Crippen molar-refractivity contribution in [2.75, 3.05) is 32.8 Å². The lowest BCUT2D eigenvalue weighted by molar-refractivity contribution is -0.149. The Morgan fingerprint density at radius 3 is 2.73 bits per heavy atom. The van der Waals surface area contributed by atoms with Crippen molar-refractivity contribution in [2.45, 2.75) is 52.9 Å². The monoisotopic (exact) mass is 380 g/mol. The van der Waals surface area contributed by atoms with Gasteiger partial charge in [-0.2, -0.15) is 0 Å². The van der Waals surface area contributed by atoms with Crippen LogP contribution in [0.15, 0.2) is 10.4 Å². The van der Waals surface area contributed by atoms with Gasteiger partial charge in [-0.15, -0.1) is 11.3 Å². The van der Waals surface area contributed by atoms with Gasteiger partial charge < -0.3 is 15.0 Å². The van der Waals surface area contributed by atoms with Crippen molar-refractivity contribution in [1.29, 1.82) is 0 Å². The largest absolute Gasteiger partial charge is 0.466 e. The summed E-state index contributed by atoms with van der Waals surface area (Å²) in [5, 5.41) is 6.71. The van der Waals surface area contributed by atoms with Gasteiger partial charge in [0.1, 0.15) is 0 Å². The Bertz CT molecular complexity index is 592. The van der Waals surface area contributed by atoms with E-state index in [1.54, 1.807) is 11.3 Å². The molecular formula is C19H32N4O2S. The topological polar surface area (TPSA) is 66.8 Å². The lowest BCUT2D eigenvalue weighted by Gasteiger charge is -2.33. The minimum Gasteiger partial charge on any atom is -0.466 e. The maximum atomic E-state index is 11.9. The Hall–Kier alpha value is -1.63. The van der Waals surface area contributed by atoms with E-state index in [2.05, 4.69) is 41.4 Å². The lowest BCUT2D eigenvalue weighted by Crippen LogP contribution is -2.46. The number of carbonyl (C=O) groups is 1. The predicted molar refractivity (Wildman–Crippen MR) is 107 cm³/mol. The standard InChI is InChI=1S/C19H32N4O2S/c1-5-20-19(21-10-7-16-13-26-17(22-16)14(3)4)23-11-8-15(9-12-23)18(24)25-6-2/h13-15H,5-12H2,1-4H3,(H,20,21). The molecule has 26 heavy (non-hydrogen) atoms. The van der Waals surface area contributed by atoms with Crippen LogP contribution in [0.5, 0.6) is 0 Å². The van der Waals surface area contributed by atoms with E-state index in [9.17, 15) is 4.79 Å². The van der Waals surface area contributed by atoms with Crippen LogP contribution in [-0.4, -0.2) is 54.6 Å². The minimum atomic E-state index is -0.0569. The fourth-order valence-corrected chi connectivity index (χ4v) is 3.86. The molecule has 0 saturated carbocycles. The number of piperidine rings is 1. The van der Waals surface area contributed by atoms with Crippen LogP contribution >= 0.6 is 11.3 Å². The summed E-state index contributed by atoms with van der Waals surface area (Å²) in [6.07, 6.45) is 2.51. The first-order valence-corrected chi connectivity index (χ1v) is 10.6. The molecule has 0 bridgehead atoms. The van der Waals surface area contributed by atoms with Crippen LogP contribution < -0.4 is 5.32 Å².